The predicted octanol–water partition coefficient (Wildman–Crippen LogP) is 2.68. The quantitative estimate of drug-likeness (QED) is 0.907. The lowest BCUT2D eigenvalue weighted by atomic mass is 10.0. The van der Waals surface area contributed by atoms with Crippen molar-refractivity contribution in [2.24, 2.45) is 5.41 Å². The Morgan fingerprint density at radius 2 is 1.95 bits per heavy atom. The summed E-state index contributed by atoms with van der Waals surface area (Å²) in [4.78, 5) is 0. The molecule has 0 bridgehead atoms. The van der Waals surface area contributed by atoms with E-state index in [2.05, 4.69) is 5.32 Å². The Bertz CT molecular complexity index is 547. The molecule has 1 aliphatic rings. The summed E-state index contributed by atoms with van der Waals surface area (Å²) in [6, 6.07) is 7.60. The van der Waals surface area contributed by atoms with Crippen molar-refractivity contribution in [3.05, 3.63) is 24.3 Å². The highest BCUT2D eigenvalue weighted by molar-refractivity contribution is 7.92. The Morgan fingerprint density at radius 1 is 1.26 bits per heavy atom. The largest absolute Gasteiger partial charge is 0.383 e. The summed E-state index contributed by atoms with van der Waals surface area (Å²) < 4.78 is 26.8. The van der Waals surface area contributed by atoms with Crippen LogP contribution in [-0.4, -0.2) is 27.3 Å². The van der Waals surface area contributed by atoms with Crippen molar-refractivity contribution in [1.29, 1.82) is 0 Å². The Hall–Kier alpha value is -1.23. The van der Waals surface area contributed by atoms with Crippen LogP contribution in [0.1, 0.15) is 27.2 Å². The van der Waals surface area contributed by atoms with Gasteiger partial charge in [0.25, 0.3) is 0 Å². The molecule has 0 radical (unpaired) electrons. The molecule has 0 saturated carbocycles. The van der Waals surface area contributed by atoms with Crippen LogP contribution in [0.5, 0.6) is 0 Å². The van der Waals surface area contributed by atoms with Crippen molar-refractivity contribution in [1.82, 2.24) is 0 Å². The number of benzene rings is 1. The number of nitrogens with one attached hydrogen (secondary N) is 1. The summed E-state index contributed by atoms with van der Waals surface area (Å²) in [6.07, 6.45) is 0.818. The second kappa shape index (κ2) is 5.04. The number of rotatable bonds is 2. The Labute approximate surface area is 115 Å². The molecule has 1 N–H and O–H groups in total. The number of para-hydroxylation sites is 2. The second-order valence-corrected chi connectivity index (χ2v) is 8.08. The molecule has 19 heavy (non-hydrogen) atoms. The van der Waals surface area contributed by atoms with E-state index in [0.717, 1.165) is 24.3 Å². The Balaban J connectivity index is 2.39. The highest BCUT2D eigenvalue weighted by Crippen LogP contribution is 2.31. The first kappa shape index (κ1) is 14.2. The van der Waals surface area contributed by atoms with Crippen LogP contribution in [0.15, 0.2) is 24.3 Å². The van der Waals surface area contributed by atoms with Gasteiger partial charge in [-0.1, -0.05) is 32.9 Å². The molecule has 1 aromatic rings. The predicted molar refractivity (Wildman–Crippen MR) is 80.1 cm³/mol. The summed E-state index contributed by atoms with van der Waals surface area (Å²) in [6.45, 7) is 7.20. The van der Waals surface area contributed by atoms with E-state index >= 15 is 0 Å². The zero-order valence-electron chi connectivity index (χ0n) is 11.8. The van der Waals surface area contributed by atoms with Crippen molar-refractivity contribution < 1.29 is 8.42 Å². The van der Waals surface area contributed by atoms with Gasteiger partial charge in [-0.05, 0) is 24.0 Å². The first-order chi connectivity index (χ1) is 8.80. The van der Waals surface area contributed by atoms with E-state index in [1.54, 1.807) is 4.31 Å². The molecule has 0 unspecified atom stereocenters. The van der Waals surface area contributed by atoms with Gasteiger partial charge in [0.15, 0.2) is 0 Å². The topological polar surface area (TPSA) is 49.4 Å². The van der Waals surface area contributed by atoms with Crippen LogP contribution in [0.25, 0.3) is 0 Å². The number of hydrogen-bond acceptors (Lipinski definition) is 3. The molecule has 0 fully saturated rings. The van der Waals surface area contributed by atoms with E-state index in [9.17, 15) is 8.42 Å². The summed E-state index contributed by atoms with van der Waals surface area (Å²) in [7, 11) is -3.28. The Kier molecular flexibility index (Phi) is 3.76. The van der Waals surface area contributed by atoms with Crippen LogP contribution in [0.2, 0.25) is 0 Å². The van der Waals surface area contributed by atoms with Crippen LogP contribution in [0, 0.1) is 5.41 Å². The molecule has 0 saturated heterocycles. The van der Waals surface area contributed by atoms with Crippen LogP contribution in [0.3, 0.4) is 0 Å². The fraction of sp³-hybridized carbons (Fsp3) is 0.571. The van der Waals surface area contributed by atoms with Gasteiger partial charge >= 0.3 is 0 Å². The van der Waals surface area contributed by atoms with Gasteiger partial charge in [0.2, 0.25) is 10.0 Å². The summed E-state index contributed by atoms with van der Waals surface area (Å²) >= 11 is 0. The number of anilines is 2. The average molecular weight is 282 g/mol. The molecular formula is C14H22N2O2S. The lowest BCUT2D eigenvalue weighted by Crippen LogP contribution is -2.37. The Morgan fingerprint density at radius 3 is 2.63 bits per heavy atom. The lowest BCUT2D eigenvalue weighted by molar-refractivity contribution is 0.460. The van der Waals surface area contributed by atoms with Crippen molar-refractivity contribution in [2.75, 3.05) is 28.5 Å². The molecule has 0 aromatic heterocycles. The molecular weight excluding hydrogens is 260 g/mol. The molecule has 0 amide bonds. The zero-order valence-corrected chi connectivity index (χ0v) is 12.6. The van der Waals surface area contributed by atoms with E-state index in [1.165, 1.54) is 0 Å². The van der Waals surface area contributed by atoms with Crippen LogP contribution in [0.4, 0.5) is 11.4 Å². The van der Waals surface area contributed by atoms with Crippen molar-refractivity contribution >= 4 is 21.4 Å². The van der Waals surface area contributed by atoms with Gasteiger partial charge in [0, 0.05) is 13.1 Å². The van der Waals surface area contributed by atoms with Gasteiger partial charge < -0.3 is 5.32 Å². The van der Waals surface area contributed by atoms with Gasteiger partial charge in [-0.3, -0.25) is 4.31 Å². The third-order valence-corrected chi connectivity index (χ3v) is 5.26. The molecule has 0 aliphatic carbocycles. The maximum atomic E-state index is 12.6. The number of hydrogen-bond donors (Lipinski definition) is 1. The highest BCUT2D eigenvalue weighted by Gasteiger charge is 2.30. The van der Waals surface area contributed by atoms with E-state index in [1.807, 2.05) is 45.0 Å². The van der Waals surface area contributed by atoms with Crippen molar-refractivity contribution in [3.8, 4) is 0 Å². The molecule has 0 atom stereocenters. The summed E-state index contributed by atoms with van der Waals surface area (Å²) in [5, 5.41) is 3.28. The molecule has 1 heterocycles. The fourth-order valence-electron chi connectivity index (χ4n) is 2.32. The maximum absolute atomic E-state index is 12.6. The average Bonchev–Trinajstić information content (AvgIpc) is 2.47. The molecule has 4 nitrogen and oxygen atoms in total. The molecule has 1 aliphatic heterocycles. The zero-order chi connectivity index (χ0) is 14.1. The SMILES string of the molecule is CC(C)(C)CS(=O)(=O)N1CCCNc2ccccc21. The minimum atomic E-state index is -3.28. The summed E-state index contributed by atoms with van der Waals surface area (Å²) in [5.41, 5.74) is 1.43. The van der Waals surface area contributed by atoms with Gasteiger partial charge in [-0.25, -0.2) is 8.42 Å². The monoisotopic (exact) mass is 282 g/mol. The third-order valence-electron chi connectivity index (χ3n) is 2.98. The molecule has 0 spiro atoms. The maximum Gasteiger partial charge on any atom is 0.235 e. The molecule has 1 aromatic carbocycles. The van der Waals surface area contributed by atoms with E-state index in [0.29, 0.717) is 6.54 Å². The van der Waals surface area contributed by atoms with E-state index in [4.69, 9.17) is 0 Å². The third kappa shape index (κ3) is 3.41. The van der Waals surface area contributed by atoms with Crippen molar-refractivity contribution in [2.45, 2.75) is 27.2 Å². The molecule has 5 heteroatoms. The van der Waals surface area contributed by atoms with Gasteiger partial charge in [0.1, 0.15) is 0 Å². The van der Waals surface area contributed by atoms with E-state index in [-0.39, 0.29) is 11.2 Å². The van der Waals surface area contributed by atoms with Crippen LogP contribution >= 0.6 is 0 Å². The minimum absolute atomic E-state index is 0.161. The van der Waals surface area contributed by atoms with Crippen LogP contribution in [-0.2, 0) is 10.0 Å². The van der Waals surface area contributed by atoms with Gasteiger partial charge in [-0.2, -0.15) is 0 Å². The van der Waals surface area contributed by atoms with Crippen molar-refractivity contribution in [3.63, 3.8) is 0 Å². The molecule has 106 valence electrons. The highest BCUT2D eigenvalue weighted by atomic mass is 32.2. The minimum Gasteiger partial charge on any atom is -0.383 e. The standard InChI is InChI=1S/C14H22N2O2S/c1-14(2,3)11-19(17,18)16-10-6-9-15-12-7-4-5-8-13(12)16/h4-5,7-8,15H,6,9-11H2,1-3H3. The van der Waals surface area contributed by atoms with Crippen LogP contribution < -0.4 is 9.62 Å². The number of fused-ring (bicyclic) bond motifs is 1. The first-order valence-corrected chi connectivity index (χ1v) is 8.24. The number of nitrogens with zero attached hydrogens (tertiary/aromatic N) is 1. The second-order valence-electron chi connectivity index (χ2n) is 6.19. The fourth-order valence-corrected chi connectivity index (χ4v) is 4.44. The van der Waals surface area contributed by atoms with Gasteiger partial charge in [0.05, 0.1) is 17.1 Å². The number of sulfonamides is 1. The van der Waals surface area contributed by atoms with Gasteiger partial charge in [-0.15, -0.1) is 0 Å². The smallest absolute Gasteiger partial charge is 0.235 e. The molecule has 2 rings (SSSR count). The lowest BCUT2D eigenvalue weighted by Gasteiger charge is -2.28. The first-order valence-electron chi connectivity index (χ1n) is 6.63. The normalized spacial score (nSPS) is 16.5. The summed E-state index contributed by atoms with van der Waals surface area (Å²) in [5.74, 6) is 0.161. The van der Waals surface area contributed by atoms with E-state index < -0.39 is 10.0 Å².